The molecule has 5 rings (SSSR count). The average molecular weight is 444 g/mol. The number of hydrogen-bond acceptors (Lipinski definition) is 4. The Labute approximate surface area is 188 Å². The van der Waals surface area contributed by atoms with Gasteiger partial charge in [0.15, 0.2) is 5.12 Å². The van der Waals surface area contributed by atoms with Crippen LogP contribution in [-0.4, -0.2) is 33.9 Å². The lowest BCUT2D eigenvalue weighted by Gasteiger charge is -2.53. The molecule has 2 N–H and O–H groups in total. The molecular weight excluding hydrogens is 410 g/mol. The van der Waals surface area contributed by atoms with Gasteiger partial charge in [0.25, 0.3) is 0 Å². The Hall–Kier alpha value is -1.82. The van der Waals surface area contributed by atoms with Gasteiger partial charge >= 0.3 is 5.97 Å². The van der Waals surface area contributed by atoms with Crippen molar-refractivity contribution in [3.05, 3.63) is 35.9 Å². The molecule has 0 radical (unpaired) electrons. The van der Waals surface area contributed by atoms with Crippen molar-refractivity contribution in [2.24, 2.45) is 35.5 Å². The van der Waals surface area contributed by atoms with Gasteiger partial charge in [-0.3, -0.25) is 14.4 Å². The summed E-state index contributed by atoms with van der Waals surface area (Å²) in [5.74, 6) is 1.31. The molecule has 0 heterocycles. The molecule has 0 saturated heterocycles. The van der Waals surface area contributed by atoms with Crippen molar-refractivity contribution < 1.29 is 19.5 Å². The van der Waals surface area contributed by atoms with Gasteiger partial charge in [0.05, 0.1) is 5.92 Å². The molecule has 6 heteroatoms. The molecule has 4 aliphatic carbocycles. The molecule has 4 fully saturated rings. The van der Waals surface area contributed by atoms with Crippen LogP contribution < -0.4 is 5.32 Å². The zero-order valence-corrected chi connectivity index (χ0v) is 19.1. The monoisotopic (exact) mass is 443 g/mol. The van der Waals surface area contributed by atoms with Crippen molar-refractivity contribution >= 4 is 28.8 Å². The van der Waals surface area contributed by atoms with Gasteiger partial charge < -0.3 is 10.4 Å². The summed E-state index contributed by atoms with van der Waals surface area (Å²) in [6, 6.07) is 8.82. The fourth-order valence-electron chi connectivity index (χ4n) is 6.40. The van der Waals surface area contributed by atoms with Crippen molar-refractivity contribution in [3.63, 3.8) is 0 Å². The molecule has 2 unspecified atom stereocenters. The first-order valence-corrected chi connectivity index (χ1v) is 12.6. The number of amides is 1. The molecule has 0 aliphatic heterocycles. The molecule has 4 bridgehead atoms. The van der Waals surface area contributed by atoms with Gasteiger partial charge in [-0.1, -0.05) is 49.0 Å². The van der Waals surface area contributed by atoms with E-state index in [4.69, 9.17) is 0 Å². The number of carboxylic acids is 1. The van der Waals surface area contributed by atoms with E-state index in [-0.39, 0.29) is 22.9 Å². The summed E-state index contributed by atoms with van der Waals surface area (Å²) >= 11 is 1.30. The second-order valence-corrected chi connectivity index (χ2v) is 11.0. The van der Waals surface area contributed by atoms with Crippen molar-refractivity contribution in [2.45, 2.75) is 57.9 Å². The highest BCUT2D eigenvalue weighted by molar-refractivity contribution is 8.13. The number of benzene rings is 1. The van der Waals surface area contributed by atoms with Gasteiger partial charge in [0, 0.05) is 11.7 Å². The zero-order valence-electron chi connectivity index (χ0n) is 18.3. The third-order valence-electron chi connectivity index (χ3n) is 7.90. The van der Waals surface area contributed by atoms with Crippen LogP contribution in [0.4, 0.5) is 0 Å². The van der Waals surface area contributed by atoms with Crippen molar-refractivity contribution in [1.29, 1.82) is 0 Å². The summed E-state index contributed by atoms with van der Waals surface area (Å²) in [6.07, 6.45) is 6.16. The first-order chi connectivity index (χ1) is 14.8. The van der Waals surface area contributed by atoms with Crippen LogP contribution in [0.25, 0.3) is 0 Å². The largest absolute Gasteiger partial charge is 0.480 e. The molecule has 3 atom stereocenters. The molecule has 31 heavy (non-hydrogen) atoms. The fraction of sp³-hybridized carbons (Fsp3) is 0.640. The van der Waals surface area contributed by atoms with Crippen LogP contribution in [0.1, 0.15) is 57.4 Å². The van der Waals surface area contributed by atoms with E-state index in [0.717, 1.165) is 17.4 Å². The quantitative estimate of drug-likeness (QED) is 0.625. The predicted molar refractivity (Wildman–Crippen MR) is 122 cm³/mol. The highest BCUT2D eigenvalue weighted by Gasteiger charge is 2.50. The van der Waals surface area contributed by atoms with Crippen LogP contribution in [0.3, 0.4) is 0 Å². The van der Waals surface area contributed by atoms with Crippen LogP contribution in [0.15, 0.2) is 30.3 Å². The lowest BCUT2D eigenvalue weighted by Crippen LogP contribution is -2.47. The van der Waals surface area contributed by atoms with E-state index < -0.39 is 17.9 Å². The van der Waals surface area contributed by atoms with Crippen LogP contribution in [-0.2, 0) is 14.4 Å². The number of thioether (sulfide) groups is 1. The number of nitrogens with one attached hydrogen (secondary N) is 1. The number of rotatable bonds is 8. The fourth-order valence-corrected chi connectivity index (χ4v) is 7.76. The van der Waals surface area contributed by atoms with E-state index in [1.54, 1.807) is 0 Å². The SMILES string of the molecule is CC(c1ccccc1)C(CSC(=O)C1C2CC3CC(C2)CC1C3)C(=O)N[C@@H](C)C(=O)O. The zero-order chi connectivity index (χ0) is 22.1. The van der Waals surface area contributed by atoms with Crippen LogP contribution >= 0.6 is 11.8 Å². The van der Waals surface area contributed by atoms with E-state index in [9.17, 15) is 19.5 Å². The molecule has 1 aromatic carbocycles. The summed E-state index contributed by atoms with van der Waals surface area (Å²) in [7, 11) is 0. The maximum absolute atomic E-state index is 13.3. The molecule has 1 amide bonds. The maximum atomic E-state index is 13.3. The van der Waals surface area contributed by atoms with Crippen LogP contribution in [0.2, 0.25) is 0 Å². The Bertz CT molecular complexity index is 798. The van der Waals surface area contributed by atoms with Gasteiger partial charge in [-0.2, -0.15) is 0 Å². The van der Waals surface area contributed by atoms with Gasteiger partial charge in [-0.05, 0) is 74.2 Å². The maximum Gasteiger partial charge on any atom is 0.325 e. The summed E-state index contributed by atoms with van der Waals surface area (Å²) in [5, 5.41) is 12.1. The second-order valence-electron chi connectivity index (χ2n) is 9.96. The summed E-state index contributed by atoms with van der Waals surface area (Å²) < 4.78 is 0. The lowest BCUT2D eigenvalue weighted by molar-refractivity contribution is -0.141. The summed E-state index contributed by atoms with van der Waals surface area (Å²) in [4.78, 5) is 37.5. The normalized spacial score (nSPS) is 31.6. The summed E-state index contributed by atoms with van der Waals surface area (Å²) in [6.45, 7) is 3.45. The number of aliphatic carboxylic acids is 1. The smallest absolute Gasteiger partial charge is 0.325 e. The Morgan fingerprint density at radius 3 is 2.13 bits per heavy atom. The molecule has 0 aromatic heterocycles. The third-order valence-corrected chi connectivity index (χ3v) is 8.98. The van der Waals surface area contributed by atoms with Crippen LogP contribution in [0, 0.1) is 35.5 Å². The van der Waals surface area contributed by atoms with Crippen LogP contribution in [0.5, 0.6) is 0 Å². The second kappa shape index (κ2) is 9.35. The Kier molecular flexibility index (Phi) is 6.75. The Balaban J connectivity index is 1.44. The highest BCUT2D eigenvalue weighted by Crippen LogP contribution is 2.57. The summed E-state index contributed by atoms with van der Waals surface area (Å²) in [5.41, 5.74) is 1.02. The molecule has 5 nitrogen and oxygen atoms in total. The van der Waals surface area contributed by atoms with Crippen molar-refractivity contribution in [2.75, 3.05) is 5.75 Å². The first kappa shape index (κ1) is 22.4. The average Bonchev–Trinajstić information content (AvgIpc) is 2.73. The Morgan fingerprint density at radius 1 is 1.00 bits per heavy atom. The van der Waals surface area contributed by atoms with E-state index in [1.807, 2.05) is 37.3 Å². The van der Waals surface area contributed by atoms with Crippen molar-refractivity contribution in [1.82, 2.24) is 5.32 Å². The lowest BCUT2D eigenvalue weighted by atomic mass is 9.52. The number of carbonyl (C=O) groups is 3. The Morgan fingerprint density at radius 2 is 1.58 bits per heavy atom. The minimum atomic E-state index is -1.06. The number of hydrogen-bond donors (Lipinski definition) is 2. The van der Waals surface area contributed by atoms with E-state index in [2.05, 4.69) is 5.32 Å². The first-order valence-electron chi connectivity index (χ1n) is 11.6. The van der Waals surface area contributed by atoms with Gasteiger partial charge in [0.1, 0.15) is 6.04 Å². The molecule has 0 spiro atoms. The van der Waals surface area contributed by atoms with Gasteiger partial charge in [-0.25, -0.2) is 0 Å². The third kappa shape index (κ3) is 4.84. The minimum Gasteiger partial charge on any atom is -0.480 e. The van der Waals surface area contributed by atoms with E-state index in [1.165, 1.54) is 50.8 Å². The minimum absolute atomic E-state index is 0.110. The number of carboxylic acid groups (broad SMARTS) is 1. The molecular formula is C25H33NO4S. The highest BCUT2D eigenvalue weighted by atomic mass is 32.2. The van der Waals surface area contributed by atoms with E-state index in [0.29, 0.717) is 17.6 Å². The predicted octanol–water partition coefficient (Wildman–Crippen LogP) is 4.33. The van der Waals surface area contributed by atoms with Gasteiger partial charge in [0.2, 0.25) is 5.91 Å². The number of carbonyl (C=O) groups excluding carboxylic acids is 2. The van der Waals surface area contributed by atoms with Gasteiger partial charge in [-0.15, -0.1) is 0 Å². The topological polar surface area (TPSA) is 83.5 Å². The molecule has 4 aliphatic rings. The molecule has 4 saturated carbocycles. The standard InChI is InChI=1S/C25H33NO4S/c1-14(18-6-4-3-5-7-18)21(23(27)26-15(2)24(28)29)13-31-25(30)22-19-9-16-8-17(11-19)12-20(22)10-16/h3-7,14-17,19-22H,8-13H2,1-2H3,(H,26,27)(H,28,29)/t14?,15-,16?,17?,19?,20?,21?,22?/m0/s1. The van der Waals surface area contributed by atoms with E-state index >= 15 is 0 Å². The molecule has 168 valence electrons. The van der Waals surface area contributed by atoms with Crippen molar-refractivity contribution in [3.8, 4) is 0 Å². The molecule has 1 aromatic rings.